The van der Waals surface area contributed by atoms with Gasteiger partial charge in [-0.3, -0.25) is 0 Å². The summed E-state index contributed by atoms with van der Waals surface area (Å²) >= 11 is 0. The predicted molar refractivity (Wildman–Crippen MR) is 44.1 cm³/mol. The molecule has 2 aromatic rings. The first-order valence-corrected chi connectivity index (χ1v) is 3.33. The Hall–Kier alpha value is -0.157. The Morgan fingerprint density at radius 1 is 0.667 bits per heavy atom. The molecule has 0 saturated heterocycles. The van der Waals surface area contributed by atoms with Crippen molar-refractivity contribution >= 4 is 0 Å². The fourth-order valence-electron chi connectivity index (χ4n) is 0.642. The fraction of sp³-hybridized carbons (Fsp3) is 0. The average molecular weight is 287 g/mol. The van der Waals surface area contributed by atoms with Crippen molar-refractivity contribution in [2.75, 3.05) is 0 Å². The summed E-state index contributed by atoms with van der Waals surface area (Å²) in [5, 5.41) is 0. The van der Waals surface area contributed by atoms with Crippen LogP contribution in [0.2, 0.25) is 0 Å². The second-order valence-corrected chi connectivity index (χ2v) is 1.92. The monoisotopic (exact) mass is 288 g/mol. The van der Waals surface area contributed by atoms with Crippen molar-refractivity contribution in [3.05, 3.63) is 60.7 Å². The van der Waals surface area contributed by atoms with E-state index in [9.17, 15) is 0 Å². The molecule has 0 aliphatic heterocycles. The van der Waals surface area contributed by atoms with E-state index in [1.165, 1.54) is 0 Å². The van der Waals surface area contributed by atoms with Gasteiger partial charge in [0.25, 0.3) is 0 Å². The zero-order chi connectivity index (χ0) is 7.07. The maximum absolute atomic E-state index is 2.00. The van der Waals surface area contributed by atoms with Gasteiger partial charge in [0, 0.05) is 17.1 Å². The average Bonchev–Trinajstić information content (AvgIpc) is 2.67. The topological polar surface area (TPSA) is 0 Å². The van der Waals surface area contributed by atoms with E-state index < -0.39 is 0 Å². The third kappa shape index (κ3) is 7.94. The molecule has 2 aromatic carbocycles. The molecule has 0 spiro atoms. The van der Waals surface area contributed by atoms with Crippen LogP contribution in [0.25, 0.3) is 0 Å². The Kier molecular flexibility index (Phi) is 13.0. The smallest absolute Gasteiger partial charge is 0.748 e. The molecule has 2 rings (SSSR count). The molecule has 0 bridgehead atoms. The minimum absolute atomic E-state index is 0. The fourth-order valence-corrected chi connectivity index (χ4v) is 0.642. The quantitative estimate of drug-likeness (QED) is 0.516. The number of hydrogen-bond donors (Lipinski definition) is 0. The van der Waals surface area contributed by atoms with E-state index in [1.807, 2.05) is 60.7 Å². The van der Waals surface area contributed by atoms with E-state index in [4.69, 9.17) is 0 Å². The van der Waals surface area contributed by atoms with E-state index in [-0.39, 0.29) is 36.5 Å². The molecule has 0 N–H and O–H groups in total. The van der Waals surface area contributed by atoms with E-state index in [1.54, 1.807) is 0 Å². The SMILES string of the molecule is [Fe].[Ru+].[cH-]1[cH-][cH-][cH-][cH-]1.c1cc[cH-]c1. The van der Waals surface area contributed by atoms with Crippen molar-refractivity contribution < 1.29 is 36.5 Å². The molecule has 0 nitrogen and oxygen atoms in total. The molecule has 71 valence electrons. The molecule has 0 heterocycles. The minimum Gasteiger partial charge on any atom is -0.748 e. The van der Waals surface area contributed by atoms with E-state index in [2.05, 4.69) is 0 Å². The predicted octanol–water partition coefficient (Wildman–Crippen LogP) is 2.81. The summed E-state index contributed by atoms with van der Waals surface area (Å²) in [6, 6.07) is 20.0. The van der Waals surface area contributed by atoms with Gasteiger partial charge in [-0.25, -0.2) is 12.1 Å². The van der Waals surface area contributed by atoms with Gasteiger partial charge < -0.3 is 30.3 Å². The molecule has 0 aliphatic carbocycles. The van der Waals surface area contributed by atoms with Crippen LogP contribution in [0.5, 0.6) is 0 Å². The van der Waals surface area contributed by atoms with Crippen LogP contribution in [0.3, 0.4) is 0 Å². The summed E-state index contributed by atoms with van der Waals surface area (Å²) in [4.78, 5) is 0. The zero-order valence-corrected chi connectivity index (χ0v) is 9.32. The Balaban J connectivity index is 0. The van der Waals surface area contributed by atoms with Gasteiger partial charge in [0.1, 0.15) is 0 Å². The van der Waals surface area contributed by atoms with Crippen molar-refractivity contribution in [2.45, 2.75) is 0 Å². The maximum Gasteiger partial charge on any atom is 1.00 e. The second kappa shape index (κ2) is 10.8. The molecule has 0 atom stereocenters. The van der Waals surface area contributed by atoms with Gasteiger partial charge in [0.05, 0.1) is 0 Å². The number of rotatable bonds is 0. The summed E-state index contributed by atoms with van der Waals surface area (Å²) in [7, 11) is 0. The molecule has 0 unspecified atom stereocenters. The Morgan fingerprint density at radius 3 is 1.17 bits per heavy atom. The molecular weight excluding hydrogens is 277 g/mol. The third-order valence-corrected chi connectivity index (χ3v) is 1.11. The van der Waals surface area contributed by atoms with E-state index >= 15 is 0 Å². The first-order valence-electron chi connectivity index (χ1n) is 3.33. The molecule has 2 heteroatoms. The van der Waals surface area contributed by atoms with Crippen molar-refractivity contribution in [2.24, 2.45) is 0 Å². The van der Waals surface area contributed by atoms with E-state index in [0.717, 1.165) is 0 Å². The van der Waals surface area contributed by atoms with Crippen LogP contribution in [-0.4, -0.2) is 0 Å². The summed E-state index contributed by atoms with van der Waals surface area (Å²) in [5.74, 6) is 0. The zero-order valence-electron chi connectivity index (χ0n) is 6.48. The Morgan fingerprint density at radius 2 is 1.00 bits per heavy atom. The maximum atomic E-state index is 2.00. The van der Waals surface area contributed by atoms with Crippen LogP contribution in [0, 0.1) is 0 Å². The van der Waals surface area contributed by atoms with Crippen LogP contribution in [-0.2, 0) is 36.5 Å². The molecular formula is C10H10FeRu-5. The standard InChI is InChI=1S/2C5H5.Fe.Ru/c2*1-2-4-5-3-1;;/h2*1-5H;;/q-5;-1;;+1. The van der Waals surface area contributed by atoms with Gasteiger partial charge in [-0.15, -0.1) is 0 Å². The molecule has 12 heavy (non-hydrogen) atoms. The van der Waals surface area contributed by atoms with Gasteiger partial charge in [-0.1, -0.05) is 0 Å². The molecule has 0 saturated carbocycles. The molecule has 0 amide bonds. The van der Waals surface area contributed by atoms with Gasteiger partial charge >= 0.3 is 19.5 Å². The molecule has 0 aromatic heterocycles. The first kappa shape index (κ1) is 14.4. The van der Waals surface area contributed by atoms with Gasteiger partial charge in [0.15, 0.2) is 0 Å². The van der Waals surface area contributed by atoms with Crippen molar-refractivity contribution in [3.8, 4) is 0 Å². The third-order valence-electron chi connectivity index (χ3n) is 1.11. The second-order valence-electron chi connectivity index (χ2n) is 1.92. The van der Waals surface area contributed by atoms with Crippen molar-refractivity contribution in [1.82, 2.24) is 0 Å². The van der Waals surface area contributed by atoms with Crippen molar-refractivity contribution in [3.63, 3.8) is 0 Å². The first-order chi connectivity index (χ1) is 5.00. The van der Waals surface area contributed by atoms with Crippen LogP contribution < -0.4 is 0 Å². The van der Waals surface area contributed by atoms with Gasteiger partial charge in [-0.05, 0) is 0 Å². The van der Waals surface area contributed by atoms with Crippen LogP contribution in [0.4, 0.5) is 0 Å². The minimum atomic E-state index is 0. The van der Waals surface area contributed by atoms with Crippen molar-refractivity contribution in [1.29, 1.82) is 0 Å². The largest absolute Gasteiger partial charge is 1.00 e. The Bertz CT molecular complexity index is 149. The van der Waals surface area contributed by atoms with Crippen LogP contribution in [0.1, 0.15) is 0 Å². The van der Waals surface area contributed by atoms with Gasteiger partial charge in [-0.2, -0.15) is 18.2 Å². The van der Waals surface area contributed by atoms with Crippen LogP contribution in [0.15, 0.2) is 60.7 Å². The normalized spacial score (nSPS) is 6.67. The molecule has 0 aliphatic rings. The summed E-state index contributed by atoms with van der Waals surface area (Å²) in [6.45, 7) is 0. The number of hydrogen-bond acceptors (Lipinski definition) is 0. The van der Waals surface area contributed by atoms with E-state index in [0.29, 0.717) is 0 Å². The molecule has 1 radical (unpaired) electrons. The summed E-state index contributed by atoms with van der Waals surface area (Å²) in [5.41, 5.74) is 0. The molecule has 0 fully saturated rings. The van der Waals surface area contributed by atoms with Crippen LogP contribution >= 0.6 is 0 Å². The Labute approximate surface area is 97.0 Å². The summed E-state index contributed by atoms with van der Waals surface area (Å²) < 4.78 is 0. The summed E-state index contributed by atoms with van der Waals surface area (Å²) in [6.07, 6.45) is 0. The van der Waals surface area contributed by atoms with Gasteiger partial charge in [0.2, 0.25) is 0 Å².